The smallest absolute Gasteiger partial charge is 0.233 e. The van der Waals surface area contributed by atoms with Gasteiger partial charge in [-0.05, 0) is 30.7 Å². The van der Waals surface area contributed by atoms with E-state index in [4.69, 9.17) is 11.6 Å². The predicted molar refractivity (Wildman–Crippen MR) is 105 cm³/mol. The van der Waals surface area contributed by atoms with Crippen molar-refractivity contribution in [3.63, 3.8) is 0 Å². The first-order valence-electron chi connectivity index (χ1n) is 8.28. The molecule has 0 aliphatic carbocycles. The maximum absolute atomic E-state index is 12.6. The molecule has 0 spiro atoms. The third-order valence-corrected chi connectivity index (χ3v) is 5.04. The number of thioether (sulfide) groups is 1. The van der Waals surface area contributed by atoms with Gasteiger partial charge >= 0.3 is 0 Å². The van der Waals surface area contributed by atoms with Gasteiger partial charge in [0.15, 0.2) is 5.16 Å². The lowest BCUT2D eigenvalue weighted by molar-refractivity contribution is -0.128. The van der Waals surface area contributed by atoms with Crippen LogP contribution in [0.1, 0.15) is 12.5 Å². The molecule has 0 atom stereocenters. The monoisotopic (exact) mass is 386 g/mol. The van der Waals surface area contributed by atoms with Crippen LogP contribution in [0, 0.1) is 0 Å². The Kier molecular flexibility index (Phi) is 6.30. The van der Waals surface area contributed by atoms with Gasteiger partial charge in [-0.1, -0.05) is 59.8 Å². The maximum atomic E-state index is 12.6. The first-order chi connectivity index (χ1) is 12.7. The van der Waals surface area contributed by atoms with Crippen molar-refractivity contribution in [2.45, 2.75) is 18.6 Å². The lowest BCUT2D eigenvalue weighted by Gasteiger charge is -2.20. The number of halogens is 1. The Morgan fingerprint density at radius 1 is 1.19 bits per heavy atom. The van der Waals surface area contributed by atoms with Gasteiger partial charge in [-0.25, -0.2) is 0 Å². The van der Waals surface area contributed by atoms with Crippen molar-refractivity contribution in [2.75, 3.05) is 12.3 Å². The first kappa shape index (κ1) is 18.5. The average Bonchev–Trinajstić information content (AvgIpc) is 3.13. The van der Waals surface area contributed by atoms with Gasteiger partial charge < -0.3 is 4.90 Å². The minimum atomic E-state index is 0.0713. The van der Waals surface area contributed by atoms with Gasteiger partial charge in [0.05, 0.1) is 11.4 Å². The quantitative estimate of drug-likeness (QED) is 0.574. The molecule has 0 fully saturated rings. The standard InChI is InChI=1S/C19H19ClN4OS/c1-2-23(12-15-7-4-3-5-8-15)18(25)13-26-19-22-21-14-24(19)17-10-6-9-16(20)11-17/h3-11,14H,2,12-13H2,1H3. The highest BCUT2D eigenvalue weighted by molar-refractivity contribution is 7.99. The molecule has 0 saturated heterocycles. The van der Waals surface area contributed by atoms with Gasteiger partial charge in [0, 0.05) is 18.1 Å². The second-order valence-electron chi connectivity index (χ2n) is 5.65. The van der Waals surface area contributed by atoms with Crippen molar-refractivity contribution in [1.82, 2.24) is 19.7 Å². The van der Waals surface area contributed by atoms with E-state index in [0.29, 0.717) is 29.0 Å². The molecule has 1 aromatic heterocycles. The lowest BCUT2D eigenvalue weighted by atomic mass is 10.2. The van der Waals surface area contributed by atoms with Gasteiger partial charge in [0.1, 0.15) is 6.33 Å². The van der Waals surface area contributed by atoms with E-state index in [1.165, 1.54) is 11.8 Å². The number of aromatic nitrogens is 3. The molecular weight excluding hydrogens is 368 g/mol. The molecule has 7 heteroatoms. The Morgan fingerprint density at radius 2 is 2.00 bits per heavy atom. The van der Waals surface area contributed by atoms with E-state index >= 15 is 0 Å². The van der Waals surface area contributed by atoms with Crippen molar-refractivity contribution in [3.05, 3.63) is 71.5 Å². The van der Waals surface area contributed by atoms with E-state index in [9.17, 15) is 4.79 Å². The van der Waals surface area contributed by atoms with Gasteiger partial charge in [0.2, 0.25) is 5.91 Å². The number of carbonyl (C=O) groups is 1. The van der Waals surface area contributed by atoms with Crippen LogP contribution in [0.5, 0.6) is 0 Å². The summed E-state index contributed by atoms with van der Waals surface area (Å²) >= 11 is 7.43. The van der Waals surface area contributed by atoms with Crippen LogP contribution in [0.4, 0.5) is 0 Å². The molecule has 0 unspecified atom stereocenters. The minimum absolute atomic E-state index is 0.0713. The van der Waals surface area contributed by atoms with Crippen LogP contribution < -0.4 is 0 Å². The van der Waals surface area contributed by atoms with Crippen LogP contribution in [0.3, 0.4) is 0 Å². The molecule has 1 amide bonds. The van der Waals surface area contributed by atoms with Gasteiger partial charge in [0.25, 0.3) is 0 Å². The van der Waals surface area contributed by atoms with Gasteiger partial charge in [-0.2, -0.15) is 0 Å². The number of benzene rings is 2. The SMILES string of the molecule is CCN(Cc1ccccc1)C(=O)CSc1nncn1-c1cccc(Cl)c1. The molecule has 0 N–H and O–H groups in total. The number of hydrogen-bond acceptors (Lipinski definition) is 4. The van der Waals surface area contributed by atoms with Gasteiger partial charge in [-0.3, -0.25) is 9.36 Å². The third kappa shape index (κ3) is 4.65. The number of rotatable bonds is 7. The largest absolute Gasteiger partial charge is 0.338 e. The lowest BCUT2D eigenvalue weighted by Crippen LogP contribution is -2.31. The highest BCUT2D eigenvalue weighted by atomic mass is 35.5. The van der Waals surface area contributed by atoms with E-state index < -0.39 is 0 Å². The van der Waals surface area contributed by atoms with E-state index in [0.717, 1.165) is 11.3 Å². The van der Waals surface area contributed by atoms with Gasteiger partial charge in [-0.15, -0.1) is 10.2 Å². The van der Waals surface area contributed by atoms with Crippen molar-refractivity contribution < 1.29 is 4.79 Å². The summed E-state index contributed by atoms with van der Waals surface area (Å²) in [6.45, 7) is 3.26. The summed E-state index contributed by atoms with van der Waals surface area (Å²) in [7, 11) is 0. The molecule has 134 valence electrons. The Balaban J connectivity index is 1.65. The van der Waals surface area contributed by atoms with E-state index in [2.05, 4.69) is 10.2 Å². The van der Waals surface area contributed by atoms with E-state index in [1.54, 1.807) is 6.33 Å². The molecule has 1 heterocycles. The van der Waals surface area contributed by atoms with Crippen LogP contribution >= 0.6 is 23.4 Å². The van der Waals surface area contributed by atoms with Crippen molar-refractivity contribution in [3.8, 4) is 5.69 Å². The summed E-state index contributed by atoms with van der Waals surface area (Å²) in [5.41, 5.74) is 1.99. The molecular formula is C19H19ClN4OS. The Morgan fingerprint density at radius 3 is 2.73 bits per heavy atom. The zero-order valence-electron chi connectivity index (χ0n) is 14.4. The van der Waals surface area contributed by atoms with Crippen LogP contribution in [-0.2, 0) is 11.3 Å². The highest BCUT2D eigenvalue weighted by Gasteiger charge is 2.15. The summed E-state index contributed by atoms with van der Waals surface area (Å²) in [5, 5.41) is 9.39. The molecule has 0 aliphatic heterocycles. The number of carbonyl (C=O) groups excluding carboxylic acids is 1. The predicted octanol–water partition coefficient (Wildman–Crippen LogP) is 4.06. The Hall–Kier alpha value is -2.31. The fourth-order valence-electron chi connectivity index (χ4n) is 2.52. The Bertz CT molecular complexity index is 869. The van der Waals surface area contributed by atoms with E-state index in [-0.39, 0.29) is 5.91 Å². The highest BCUT2D eigenvalue weighted by Crippen LogP contribution is 2.22. The average molecular weight is 387 g/mol. The molecule has 0 saturated carbocycles. The van der Waals surface area contributed by atoms with Crippen molar-refractivity contribution in [1.29, 1.82) is 0 Å². The summed E-state index contributed by atoms with van der Waals surface area (Å²) in [4.78, 5) is 14.4. The number of amides is 1. The molecule has 26 heavy (non-hydrogen) atoms. The molecule has 0 radical (unpaired) electrons. The topological polar surface area (TPSA) is 51.0 Å². The number of hydrogen-bond donors (Lipinski definition) is 0. The van der Waals surface area contributed by atoms with Crippen LogP contribution in [0.2, 0.25) is 5.02 Å². The zero-order valence-corrected chi connectivity index (χ0v) is 16.0. The second-order valence-corrected chi connectivity index (χ2v) is 7.02. The first-order valence-corrected chi connectivity index (χ1v) is 9.64. The van der Waals surface area contributed by atoms with Crippen molar-refractivity contribution in [2.24, 2.45) is 0 Å². The summed E-state index contributed by atoms with van der Waals surface area (Å²) in [6.07, 6.45) is 1.63. The zero-order chi connectivity index (χ0) is 18.4. The van der Waals surface area contributed by atoms with Crippen LogP contribution in [0.15, 0.2) is 66.1 Å². The van der Waals surface area contributed by atoms with Crippen molar-refractivity contribution >= 4 is 29.3 Å². The molecule has 3 aromatic rings. The molecule has 0 bridgehead atoms. The normalized spacial score (nSPS) is 10.7. The second kappa shape index (κ2) is 8.87. The molecule has 2 aromatic carbocycles. The summed E-state index contributed by atoms with van der Waals surface area (Å²) in [5.74, 6) is 0.377. The molecule has 3 rings (SSSR count). The molecule has 0 aliphatic rings. The summed E-state index contributed by atoms with van der Waals surface area (Å²) in [6, 6.07) is 17.4. The third-order valence-electron chi connectivity index (χ3n) is 3.88. The van der Waals surface area contributed by atoms with Crippen LogP contribution in [-0.4, -0.2) is 37.9 Å². The van der Waals surface area contributed by atoms with E-state index in [1.807, 2.05) is 71.0 Å². The Labute approximate surface area is 162 Å². The fourth-order valence-corrected chi connectivity index (χ4v) is 3.54. The van der Waals surface area contributed by atoms with Crippen LogP contribution in [0.25, 0.3) is 5.69 Å². The minimum Gasteiger partial charge on any atom is -0.338 e. The fraction of sp³-hybridized carbons (Fsp3) is 0.211. The molecule has 5 nitrogen and oxygen atoms in total. The summed E-state index contributed by atoms with van der Waals surface area (Å²) < 4.78 is 1.83. The number of nitrogens with zero attached hydrogens (tertiary/aromatic N) is 4. The maximum Gasteiger partial charge on any atom is 0.233 e.